The van der Waals surface area contributed by atoms with Crippen LogP contribution in [0.15, 0.2) is 24.3 Å². The summed E-state index contributed by atoms with van der Waals surface area (Å²) in [4.78, 5) is 13.3. The molecule has 1 unspecified atom stereocenters. The Kier molecular flexibility index (Phi) is 3.46. The lowest BCUT2D eigenvalue weighted by Crippen LogP contribution is -2.30. The van der Waals surface area contributed by atoms with Crippen LogP contribution in [0.1, 0.15) is 18.0 Å². The molecular weight excluding hydrogens is 224 g/mol. The van der Waals surface area contributed by atoms with E-state index in [1.54, 1.807) is 4.90 Å². The van der Waals surface area contributed by atoms with E-state index in [0.717, 1.165) is 17.1 Å². The van der Waals surface area contributed by atoms with Gasteiger partial charge in [-0.25, -0.2) is 0 Å². The fourth-order valence-electron chi connectivity index (χ4n) is 1.93. The van der Waals surface area contributed by atoms with Gasteiger partial charge in [0, 0.05) is 37.6 Å². The van der Waals surface area contributed by atoms with E-state index >= 15 is 0 Å². The van der Waals surface area contributed by atoms with Crippen molar-refractivity contribution in [2.75, 3.05) is 20.1 Å². The van der Waals surface area contributed by atoms with Crippen molar-refractivity contribution in [3.8, 4) is 0 Å². The van der Waals surface area contributed by atoms with E-state index in [9.17, 15) is 4.79 Å². The minimum atomic E-state index is 0.176. The summed E-state index contributed by atoms with van der Waals surface area (Å²) in [5.41, 5.74) is 1.13. The predicted octanol–water partition coefficient (Wildman–Crippen LogP) is 1.83. The average Bonchev–Trinajstić information content (AvgIpc) is 2.42. The third-order valence-corrected chi connectivity index (χ3v) is 3.10. The minimum Gasteiger partial charge on any atom is -0.344 e. The Morgan fingerprint density at radius 2 is 2.31 bits per heavy atom. The maximum Gasteiger partial charge on any atom is 0.223 e. The van der Waals surface area contributed by atoms with Crippen LogP contribution in [0.3, 0.4) is 0 Å². The number of nitrogens with one attached hydrogen (secondary N) is 1. The quantitative estimate of drug-likeness (QED) is 0.810. The highest BCUT2D eigenvalue weighted by Crippen LogP contribution is 2.20. The maximum absolute atomic E-state index is 11.5. The second kappa shape index (κ2) is 4.85. The number of carbonyl (C=O) groups is 1. The number of hydrogen-bond acceptors (Lipinski definition) is 2. The van der Waals surface area contributed by atoms with Crippen LogP contribution >= 0.6 is 11.6 Å². The molecular formula is C12H15ClN2O. The first-order valence-corrected chi connectivity index (χ1v) is 5.77. The van der Waals surface area contributed by atoms with Crippen LogP contribution in [0, 0.1) is 0 Å². The maximum atomic E-state index is 11.5. The van der Waals surface area contributed by atoms with Crippen LogP contribution in [-0.2, 0) is 4.79 Å². The summed E-state index contributed by atoms with van der Waals surface area (Å²) < 4.78 is 0. The molecule has 1 aromatic rings. The van der Waals surface area contributed by atoms with Crippen molar-refractivity contribution in [1.82, 2.24) is 10.2 Å². The van der Waals surface area contributed by atoms with Crippen LogP contribution in [0.2, 0.25) is 5.02 Å². The van der Waals surface area contributed by atoms with Crippen molar-refractivity contribution < 1.29 is 4.79 Å². The molecule has 1 atom stereocenters. The molecule has 0 aliphatic carbocycles. The fourth-order valence-corrected chi connectivity index (χ4v) is 2.13. The summed E-state index contributed by atoms with van der Waals surface area (Å²) in [5.74, 6) is 0.192. The monoisotopic (exact) mass is 238 g/mol. The van der Waals surface area contributed by atoms with Crippen LogP contribution < -0.4 is 5.32 Å². The normalized spacial score (nSPS) is 22.0. The molecule has 0 saturated carbocycles. The van der Waals surface area contributed by atoms with Gasteiger partial charge in [-0.2, -0.15) is 0 Å². The predicted molar refractivity (Wildman–Crippen MR) is 64.4 cm³/mol. The number of likely N-dealkylation sites (N-methyl/N-ethyl adjacent to an activating group) is 1. The molecule has 86 valence electrons. The third-order valence-electron chi connectivity index (χ3n) is 2.86. The Balaban J connectivity index is 2.17. The first-order chi connectivity index (χ1) is 7.66. The van der Waals surface area contributed by atoms with Gasteiger partial charge >= 0.3 is 0 Å². The SMILES string of the molecule is CN1CC(c2cccc(Cl)c2)NCCC1=O. The van der Waals surface area contributed by atoms with Crippen LogP contribution in [-0.4, -0.2) is 30.9 Å². The van der Waals surface area contributed by atoms with Gasteiger partial charge in [0.15, 0.2) is 0 Å². The second-order valence-corrected chi connectivity index (χ2v) is 4.52. The Morgan fingerprint density at radius 1 is 1.50 bits per heavy atom. The number of hydrogen-bond donors (Lipinski definition) is 1. The van der Waals surface area contributed by atoms with E-state index in [1.807, 2.05) is 31.3 Å². The van der Waals surface area contributed by atoms with Gasteiger partial charge in [-0.15, -0.1) is 0 Å². The molecule has 2 rings (SSSR count). The van der Waals surface area contributed by atoms with Crippen molar-refractivity contribution >= 4 is 17.5 Å². The van der Waals surface area contributed by atoms with Crippen LogP contribution in [0.25, 0.3) is 0 Å². The van der Waals surface area contributed by atoms with Crippen molar-refractivity contribution in [3.05, 3.63) is 34.9 Å². The molecule has 0 spiro atoms. The lowest BCUT2D eigenvalue weighted by atomic mass is 10.1. The summed E-state index contributed by atoms with van der Waals surface area (Å²) >= 11 is 5.96. The van der Waals surface area contributed by atoms with E-state index in [4.69, 9.17) is 11.6 Å². The molecule has 1 saturated heterocycles. The zero-order valence-corrected chi connectivity index (χ0v) is 10.00. The second-order valence-electron chi connectivity index (χ2n) is 4.09. The highest BCUT2D eigenvalue weighted by Gasteiger charge is 2.20. The van der Waals surface area contributed by atoms with E-state index in [-0.39, 0.29) is 11.9 Å². The number of benzene rings is 1. The molecule has 1 aliphatic rings. The van der Waals surface area contributed by atoms with Gasteiger partial charge in [0.05, 0.1) is 0 Å². The first-order valence-electron chi connectivity index (χ1n) is 5.39. The van der Waals surface area contributed by atoms with E-state index in [0.29, 0.717) is 13.0 Å². The summed E-state index contributed by atoms with van der Waals surface area (Å²) in [5, 5.41) is 4.10. The first kappa shape index (κ1) is 11.4. The fraction of sp³-hybridized carbons (Fsp3) is 0.417. The number of halogens is 1. The Morgan fingerprint density at radius 3 is 3.06 bits per heavy atom. The smallest absolute Gasteiger partial charge is 0.223 e. The standard InChI is InChI=1S/C12H15ClN2O/c1-15-8-11(14-6-5-12(15)16)9-3-2-4-10(13)7-9/h2-4,7,11,14H,5-6,8H2,1H3. The largest absolute Gasteiger partial charge is 0.344 e. The van der Waals surface area contributed by atoms with Crippen molar-refractivity contribution in [2.24, 2.45) is 0 Å². The van der Waals surface area contributed by atoms with Gasteiger partial charge in [-0.1, -0.05) is 23.7 Å². The van der Waals surface area contributed by atoms with Gasteiger partial charge in [0.2, 0.25) is 5.91 Å². The number of nitrogens with zero attached hydrogens (tertiary/aromatic N) is 1. The average molecular weight is 239 g/mol. The number of carbonyl (C=O) groups excluding carboxylic acids is 1. The molecule has 1 aromatic carbocycles. The number of rotatable bonds is 1. The van der Waals surface area contributed by atoms with E-state index < -0.39 is 0 Å². The molecule has 1 N–H and O–H groups in total. The molecule has 1 heterocycles. The van der Waals surface area contributed by atoms with E-state index in [2.05, 4.69) is 5.32 Å². The zero-order chi connectivity index (χ0) is 11.5. The Bertz CT molecular complexity index is 394. The summed E-state index contributed by atoms with van der Waals surface area (Å²) in [6.45, 7) is 1.42. The Labute approximate surface area is 100 Å². The highest BCUT2D eigenvalue weighted by molar-refractivity contribution is 6.30. The van der Waals surface area contributed by atoms with Gasteiger partial charge in [-0.3, -0.25) is 4.79 Å². The van der Waals surface area contributed by atoms with Crippen molar-refractivity contribution in [1.29, 1.82) is 0 Å². The molecule has 0 bridgehead atoms. The van der Waals surface area contributed by atoms with Crippen LogP contribution in [0.4, 0.5) is 0 Å². The van der Waals surface area contributed by atoms with Gasteiger partial charge in [0.25, 0.3) is 0 Å². The van der Waals surface area contributed by atoms with Gasteiger partial charge in [0.1, 0.15) is 0 Å². The summed E-state index contributed by atoms with van der Waals surface area (Å²) in [7, 11) is 1.84. The summed E-state index contributed by atoms with van der Waals surface area (Å²) in [6.07, 6.45) is 0.563. The molecule has 16 heavy (non-hydrogen) atoms. The third kappa shape index (κ3) is 2.54. The van der Waals surface area contributed by atoms with Crippen LogP contribution in [0.5, 0.6) is 0 Å². The minimum absolute atomic E-state index is 0.176. The molecule has 1 amide bonds. The lowest BCUT2D eigenvalue weighted by Gasteiger charge is -2.21. The molecule has 0 aromatic heterocycles. The van der Waals surface area contributed by atoms with Gasteiger partial charge < -0.3 is 10.2 Å². The molecule has 0 radical (unpaired) electrons. The molecule has 1 fully saturated rings. The lowest BCUT2D eigenvalue weighted by molar-refractivity contribution is -0.129. The summed E-state index contributed by atoms with van der Waals surface area (Å²) in [6, 6.07) is 7.95. The van der Waals surface area contributed by atoms with E-state index in [1.165, 1.54) is 0 Å². The van der Waals surface area contributed by atoms with Crippen molar-refractivity contribution in [3.63, 3.8) is 0 Å². The Hall–Kier alpha value is -1.06. The topological polar surface area (TPSA) is 32.3 Å². The molecule has 4 heteroatoms. The number of amides is 1. The zero-order valence-electron chi connectivity index (χ0n) is 9.24. The highest BCUT2D eigenvalue weighted by atomic mass is 35.5. The van der Waals surface area contributed by atoms with Crippen molar-refractivity contribution in [2.45, 2.75) is 12.5 Å². The van der Waals surface area contributed by atoms with Gasteiger partial charge in [-0.05, 0) is 17.7 Å². The molecule has 1 aliphatic heterocycles. The molecule has 3 nitrogen and oxygen atoms in total.